The molecular weight excluding hydrogens is 276 g/mol. The normalized spacial score (nSPS) is 24.4. The Hall–Kier alpha value is -0.620. The standard InChI is InChI=1S/C14H26N2O3S/c17-14(12-16-10-4-5-11-20(16,18)19)15-9-8-13-6-2-1-3-7-13/h13H,1-12H2,(H,15,17). The third-order valence-electron chi connectivity index (χ3n) is 4.37. The first kappa shape index (κ1) is 15.8. The minimum absolute atomic E-state index is 0.00694. The number of amides is 1. The molecule has 0 aromatic carbocycles. The van der Waals surface area contributed by atoms with Crippen LogP contribution >= 0.6 is 0 Å². The van der Waals surface area contributed by atoms with Gasteiger partial charge in [-0.05, 0) is 25.2 Å². The number of sulfonamides is 1. The highest BCUT2D eigenvalue weighted by Gasteiger charge is 2.27. The van der Waals surface area contributed by atoms with Crippen molar-refractivity contribution in [3.63, 3.8) is 0 Å². The highest BCUT2D eigenvalue weighted by molar-refractivity contribution is 7.89. The number of carbonyl (C=O) groups is 1. The fraction of sp³-hybridized carbons (Fsp3) is 0.929. The molecule has 1 saturated carbocycles. The molecule has 2 fully saturated rings. The van der Waals surface area contributed by atoms with Gasteiger partial charge in [-0.15, -0.1) is 0 Å². The Morgan fingerprint density at radius 3 is 2.55 bits per heavy atom. The third-order valence-corrected chi connectivity index (χ3v) is 6.28. The Kier molecular flexibility index (Phi) is 5.84. The van der Waals surface area contributed by atoms with Crippen molar-refractivity contribution < 1.29 is 13.2 Å². The van der Waals surface area contributed by atoms with Gasteiger partial charge in [0.1, 0.15) is 0 Å². The molecule has 0 unspecified atom stereocenters. The molecule has 1 aliphatic carbocycles. The second-order valence-electron chi connectivity index (χ2n) is 6.00. The maximum Gasteiger partial charge on any atom is 0.235 e. The lowest BCUT2D eigenvalue weighted by Crippen LogP contribution is -2.44. The molecule has 1 heterocycles. The molecule has 1 N–H and O–H groups in total. The van der Waals surface area contributed by atoms with Gasteiger partial charge >= 0.3 is 0 Å². The molecule has 2 aliphatic rings. The predicted molar refractivity (Wildman–Crippen MR) is 78.8 cm³/mol. The molecule has 1 aliphatic heterocycles. The van der Waals surface area contributed by atoms with E-state index < -0.39 is 10.0 Å². The van der Waals surface area contributed by atoms with Crippen molar-refractivity contribution in [2.75, 3.05) is 25.4 Å². The summed E-state index contributed by atoms with van der Waals surface area (Å²) < 4.78 is 24.9. The minimum atomic E-state index is -3.19. The Balaban J connectivity index is 1.67. The lowest BCUT2D eigenvalue weighted by atomic mass is 9.87. The molecule has 1 amide bonds. The lowest BCUT2D eigenvalue weighted by molar-refractivity contribution is -0.121. The van der Waals surface area contributed by atoms with Crippen LogP contribution in [0, 0.1) is 5.92 Å². The molecule has 116 valence electrons. The van der Waals surface area contributed by atoms with Crippen molar-refractivity contribution in [2.45, 2.75) is 51.4 Å². The van der Waals surface area contributed by atoms with Gasteiger partial charge in [0.05, 0.1) is 12.3 Å². The van der Waals surface area contributed by atoms with Crippen molar-refractivity contribution in [1.82, 2.24) is 9.62 Å². The smallest absolute Gasteiger partial charge is 0.235 e. The average molecular weight is 302 g/mol. The van der Waals surface area contributed by atoms with Crippen molar-refractivity contribution in [3.05, 3.63) is 0 Å². The number of hydrogen-bond donors (Lipinski definition) is 1. The van der Waals surface area contributed by atoms with Crippen LogP contribution in [0.1, 0.15) is 51.4 Å². The van der Waals surface area contributed by atoms with Crippen LogP contribution in [0.25, 0.3) is 0 Å². The highest BCUT2D eigenvalue weighted by atomic mass is 32.2. The molecule has 0 bridgehead atoms. The van der Waals surface area contributed by atoms with Crippen molar-refractivity contribution in [2.24, 2.45) is 5.92 Å². The van der Waals surface area contributed by atoms with E-state index in [0.29, 0.717) is 19.5 Å². The molecule has 5 nitrogen and oxygen atoms in total. The number of nitrogens with zero attached hydrogens (tertiary/aromatic N) is 1. The maximum atomic E-state index is 11.8. The van der Waals surface area contributed by atoms with Crippen LogP contribution < -0.4 is 5.32 Å². The first-order chi connectivity index (χ1) is 9.58. The number of hydrogen-bond acceptors (Lipinski definition) is 3. The molecule has 0 aromatic heterocycles. The second kappa shape index (κ2) is 7.41. The summed E-state index contributed by atoms with van der Waals surface area (Å²) in [6.45, 7) is 1.16. The molecule has 2 rings (SSSR count). The molecule has 0 radical (unpaired) electrons. The average Bonchev–Trinajstić information content (AvgIpc) is 2.42. The summed E-state index contributed by atoms with van der Waals surface area (Å²) in [5, 5.41) is 2.87. The molecule has 0 spiro atoms. The summed E-state index contributed by atoms with van der Waals surface area (Å²) in [6, 6.07) is 0. The van der Waals surface area contributed by atoms with E-state index in [2.05, 4.69) is 5.32 Å². The van der Waals surface area contributed by atoms with E-state index in [1.54, 1.807) is 0 Å². The summed E-state index contributed by atoms with van der Waals surface area (Å²) in [7, 11) is -3.19. The first-order valence-corrected chi connectivity index (χ1v) is 9.43. The Morgan fingerprint density at radius 2 is 1.85 bits per heavy atom. The summed E-state index contributed by atoms with van der Waals surface area (Å²) in [5.41, 5.74) is 0. The van der Waals surface area contributed by atoms with Crippen LogP contribution in [0.4, 0.5) is 0 Å². The number of nitrogens with one attached hydrogen (secondary N) is 1. The topological polar surface area (TPSA) is 66.5 Å². The van der Waals surface area contributed by atoms with Gasteiger partial charge in [-0.1, -0.05) is 32.1 Å². The minimum Gasteiger partial charge on any atom is -0.355 e. The van der Waals surface area contributed by atoms with Gasteiger partial charge in [-0.3, -0.25) is 4.79 Å². The molecule has 6 heteroatoms. The van der Waals surface area contributed by atoms with E-state index in [-0.39, 0.29) is 18.2 Å². The highest BCUT2D eigenvalue weighted by Crippen LogP contribution is 2.25. The van der Waals surface area contributed by atoms with Gasteiger partial charge in [0.2, 0.25) is 15.9 Å². The monoisotopic (exact) mass is 302 g/mol. The number of carbonyl (C=O) groups excluding carboxylic acids is 1. The van der Waals surface area contributed by atoms with Gasteiger partial charge in [-0.25, -0.2) is 8.42 Å². The van der Waals surface area contributed by atoms with Gasteiger partial charge in [0.25, 0.3) is 0 Å². The lowest BCUT2D eigenvalue weighted by Gasteiger charge is -2.26. The van der Waals surface area contributed by atoms with E-state index >= 15 is 0 Å². The summed E-state index contributed by atoms with van der Waals surface area (Å²) in [6.07, 6.45) is 9.10. The van der Waals surface area contributed by atoms with E-state index in [9.17, 15) is 13.2 Å². The van der Waals surface area contributed by atoms with E-state index in [0.717, 1.165) is 18.8 Å². The van der Waals surface area contributed by atoms with Crippen LogP contribution in [0.3, 0.4) is 0 Å². The van der Waals surface area contributed by atoms with Crippen LogP contribution in [-0.2, 0) is 14.8 Å². The zero-order valence-corrected chi connectivity index (χ0v) is 13.0. The molecule has 0 atom stereocenters. The van der Waals surface area contributed by atoms with Crippen molar-refractivity contribution >= 4 is 15.9 Å². The second-order valence-corrected chi connectivity index (χ2v) is 8.09. The molecular formula is C14H26N2O3S. The van der Waals surface area contributed by atoms with Gasteiger partial charge in [0.15, 0.2) is 0 Å². The first-order valence-electron chi connectivity index (χ1n) is 7.82. The summed E-state index contributed by atoms with van der Waals surface area (Å²) in [5.74, 6) is 0.761. The van der Waals surface area contributed by atoms with Gasteiger partial charge < -0.3 is 5.32 Å². The number of rotatable bonds is 5. The van der Waals surface area contributed by atoms with E-state index in [1.165, 1.54) is 36.4 Å². The molecule has 1 saturated heterocycles. The zero-order chi connectivity index (χ0) is 14.4. The van der Waals surface area contributed by atoms with Crippen molar-refractivity contribution in [3.8, 4) is 0 Å². The van der Waals surface area contributed by atoms with E-state index in [1.807, 2.05) is 0 Å². The van der Waals surface area contributed by atoms with Gasteiger partial charge in [0, 0.05) is 13.1 Å². The largest absolute Gasteiger partial charge is 0.355 e. The quantitative estimate of drug-likeness (QED) is 0.837. The van der Waals surface area contributed by atoms with Gasteiger partial charge in [-0.2, -0.15) is 4.31 Å². The summed E-state index contributed by atoms with van der Waals surface area (Å²) in [4.78, 5) is 11.8. The predicted octanol–water partition coefficient (Wildman–Crippen LogP) is 1.50. The third kappa shape index (κ3) is 4.74. The van der Waals surface area contributed by atoms with E-state index in [4.69, 9.17) is 0 Å². The fourth-order valence-electron chi connectivity index (χ4n) is 3.13. The zero-order valence-electron chi connectivity index (χ0n) is 12.1. The summed E-state index contributed by atoms with van der Waals surface area (Å²) >= 11 is 0. The SMILES string of the molecule is O=C(CN1CCCCS1(=O)=O)NCCC1CCCCC1. The Bertz CT molecular complexity index is 416. The Labute approximate surface area is 122 Å². The maximum absolute atomic E-state index is 11.8. The van der Waals surface area contributed by atoms with Crippen LogP contribution in [0.2, 0.25) is 0 Å². The molecule has 20 heavy (non-hydrogen) atoms. The van der Waals surface area contributed by atoms with Crippen LogP contribution in [0.5, 0.6) is 0 Å². The van der Waals surface area contributed by atoms with Crippen LogP contribution in [0.15, 0.2) is 0 Å². The van der Waals surface area contributed by atoms with Crippen molar-refractivity contribution in [1.29, 1.82) is 0 Å². The fourth-order valence-corrected chi connectivity index (χ4v) is 4.67. The molecule has 0 aromatic rings. The van der Waals surface area contributed by atoms with Crippen LogP contribution in [-0.4, -0.2) is 44.0 Å². The Morgan fingerprint density at radius 1 is 1.10 bits per heavy atom.